The van der Waals surface area contributed by atoms with E-state index in [1.54, 1.807) is 0 Å². The van der Waals surface area contributed by atoms with Gasteiger partial charge in [-0.1, -0.05) is 49.7 Å². The predicted molar refractivity (Wildman–Crippen MR) is 103 cm³/mol. The summed E-state index contributed by atoms with van der Waals surface area (Å²) in [6.45, 7) is 5.70. The van der Waals surface area contributed by atoms with E-state index in [9.17, 15) is 9.59 Å². The van der Waals surface area contributed by atoms with Gasteiger partial charge in [-0.05, 0) is 30.4 Å². The van der Waals surface area contributed by atoms with Crippen LogP contribution >= 0.6 is 23.4 Å². The molecule has 1 atom stereocenters. The van der Waals surface area contributed by atoms with Crippen LogP contribution in [0, 0.1) is 5.92 Å². The van der Waals surface area contributed by atoms with E-state index in [0.717, 1.165) is 15.7 Å². The Morgan fingerprint density at radius 3 is 2.52 bits per heavy atom. The van der Waals surface area contributed by atoms with E-state index in [4.69, 9.17) is 16.3 Å². The third-order valence-corrected chi connectivity index (χ3v) is 5.26. The molecule has 0 unspecified atom stereocenters. The molecule has 2 aromatic rings. The summed E-state index contributed by atoms with van der Waals surface area (Å²) in [5.41, 5.74) is 0. The molecule has 0 heterocycles. The molecule has 0 saturated heterocycles. The van der Waals surface area contributed by atoms with Gasteiger partial charge < -0.3 is 10.1 Å². The van der Waals surface area contributed by atoms with E-state index in [1.165, 1.54) is 11.8 Å². The van der Waals surface area contributed by atoms with Crippen LogP contribution in [0.15, 0.2) is 41.3 Å². The lowest BCUT2D eigenvalue weighted by Crippen LogP contribution is -2.38. The zero-order chi connectivity index (χ0) is 18.4. The van der Waals surface area contributed by atoms with E-state index >= 15 is 0 Å². The molecule has 0 fully saturated rings. The summed E-state index contributed by atoms with van der Waals surface area (Å²) in [6, 6.07) is 11.6. The smallest absolute Gasteiger partial charge is 0.316 e. The molecule has 0 saturated carbocycles. The van der Waals surface area contributed by atoms with Gasteiger partial charge in [-0.3, -0.25) is 9.59 Å². The number of carbonyl (C=O) groups excluding carboxylic acids is 2. The maximum absolute atomic E-state index is 11.9. The highest BCUT2D eigenvalue weighted by molar-refractivity contribution is 8.00. The second-order valence-electron chi connectivity index (χ2n) is 6.14. The summed E-state index contributed by atoms with van der Waals surface area (Å²) in [5, 5.41) is 5.39. The lowest BCUT2D eigenvalue weighted by atomic mass is 10.1. The van der Waals surface area contributed by atoms with Crippen LogP contribution in [-0.2, 0) is 14.3 Å². The number of benzene rings is 2. The van der Waals surface area contributed by atoms with Crippen molar-refractivity contribution in [3.63, 3.8) is 0 Å². The molecule has 1 N–H and O–H groups in total. The van der Waals surface area contributed by atoms with Gasteiger partial charge >= 0.3 is 5.97 Å². The van der Waals surface area contributed by atoms with Crippen molar-refractivity contribution in [3.05, 3.63) is 41.4 Å². The lowest BCUT2D eigenvalue weighted by molar-refractivity contribution is -0.146. The van der Waals surface area contributed by atoms with Gasteiger partial charge in [0.25, 0.3) is 5.91 Å². The molecule has 1 amide bonds. The predicted octanol–water partition coefficient (Wildman–Crippen LogP) is 4.29. The van der Waals surface area contributed by atoms with E-state index in [0.29, 0.717) is 10.9 Å². The average molecular weight is 380 g/mol. The van der Waals surface area contributed by atoms with E-state index in [1.807, 2.05) is 57.2 Å². The van der Waals surface area contributed by atoms with Crippen molar-refractivity contribution in [2.45, 2.75) is 31.7 Å². The van der Waals surface area contributed by atoms with Crippen LogP contribution in [0.25, 0.3) is 10.8 Å². The number of ether oxygens (including phenoxy) is 1. The number of rotatable bonds is 7. The number of thioether (sulfide) groups is 1. The van der Waals surface area contributed by atoms with Crippen molar-refractivity contribution in [3.8, 4) is 0 Å². The Kier molecular flexibility index (Phi) is 7.14. The van der Waals surface area contributed by atoms with Crippen LogP contribution in [0.5, 0.6) is 0 Å². The molecule has 0 spiro atoms. The van der Waals surface area contributed by atoms with Gasteiger partial charge in [-0.15, -0.1) is 11.8 Å². The van der Waals surface area contributed by atoms with Crippen molar-refractivity contribution in [1.82, 2.24) is 5.32 Å². The third kappa shape index (κ3) is 5.65. The number of fused-ring (bicyclic) bond motifs is 1. The SMILES string of the molecule is CC(C)[C@H](C)NC(=O)COC(=O)CSc1cccc2cccc(Cl)c12. The molecule has 2 aromatic carbocycles. The summed E-state index contributed by atoms with van der Waals surface area (Å²) < 4.78 is 5.04. The summed E-state index contributed by atoms with van der Waals surface area (Å²) in [5.74, 6) is -0.266. The van der Waals surface area contributed by atoms with Crippen molar-refractivity contribution >= 4 is 46.0 Å². The second kappa shape index (κ2) is 9.11. The Bertz CT molecular complexity index is 758. The Labute approximate surface area is 157 Å². The average Bonchev–Trinajstić information content (AvgIpc) is 2.58. The Hall–Kier alpha value is -1.72. The maximum Gasteiger partial charge on any atom is 0.316 e. The molecule has 0 bridgehead atoms. The van der Waals surface area contributed by atoms with Crippen molar-refractivity contribution in [1.29, 1.82) is 0 Å². The molecule has 0 aliphatic carbocycles. The fourth-order valence-electron chi connectivity index (χ4n) is 2.17. The standard InChI is InChI=1S/C19H22ClNO3S/c1-12(2)13(3)21-17(22)10-24-18(23)11-25-16-9-5-7-14-6-4-8-15(20)19(14)16/h4-9,12-13H,10-11H2,1-3H3,(H,21,22)/t13-/m0/s1. The number of esters is 1. The fraction of sp³-hybridized carbons (Fsp3) is 0.368. The van der Waals surface area contributed by atoms with Gasteiger partial charge in [-0.25, -0.2) is 0 Å². The molecule has 0 radical (unpaired) electrons. The summed E-state index contributed by atoms with van der Waals surface area (Å²) >= 11 is 7.62. The Balaban J connectivity index is 1.88. The topological polar surface area (TPSA) is 55.4 Å². The molecule has 25 heavy (non-hydrogen) atoms. The molecule has 0 aromatic heterocycles. The largest absolute Gasteiger partial charge is 0.455 e. The number of halogens is 1. The minimum atomic E-state index is -0.429. The molecule has 0 aliphatic heterocycles. The van der Waals surface area contributed by atoms with Crippen LogP contribution in [0.2, 0.25) is 5.02 Å². The molecule has 134 valence electrons. The number of carbonyl (C=O) groups is 2. The normalized spacial score (nSPS) is 12.2. The van der Waals surface area contributed by atoms with Gasteiger partial charge in [0.2, 0.25) is 0 Å². The summed E-state index contributed by atoms with van der Waals surface area (Å²) in [4.78, 5) is 24.6. The molecule has 4 nitrogen and oxygen atoms in total. The van der Waals surface area contributed by atoms with Crippen molar-refractivity contribution in [2.24, 2.45) is 5.92 Å². The van der Waals surface area contributed by atoms with Crippen LogP contribution in [0.1, 0.15) is 20.8 Å². The van der Waals surface area contributed by atoms with Crippen molar-refractivity contribution < 1.29 is 14.3 Å². The number of nitrogens with one attached hydrogen (secondary N) is 1. The van der Waals surface area contributed by atoms with Crippen LogP contribution in [-0.4, -0.2) is 30.3 Å². The third-order valence-electron chi connectivity index (χ3n) is 3.91. The molecule has 6 heteroatoms. The molecule has 2 rings (SSSR count). The van der Waals surface area contributed by atoms with E-state index in [-0.39, 0.29) is 24.3 Å². The number of amides is 1. The minimum absolute atomic E-state index is 0.0402. The maximum atomic E-state index is 11.9. The van der Waals surface area contributed by atoms with Gasteiger partial charge in [-0.2, -0.15) is 0 Å². The fourth-order valence-corrected chi connectivity index (χ4v) is 3.41. The first-order chi connectivity index (χ1) is 11.9. The van der Waals surface area contributed by atoms with Crippen molar-refractivity contribution in [2.75, 3.05) is 12.4 Å². The molecular weight excluding hydrogens is 358 g/mol. The second-order valence-corrected chi connectivity index (χ2v) is 7.57. The van der Waals surface area contributed by atoms with E-state index in [2.05, 4.69) is 5.32 Å². The molecule has 0 aliphatic rings. The van der Waals surface area contributed by atoms with Gasteiger partial charge in [0.05, 0.1) is 5.75 Å². The Morgan fingerprint density at radius 1 is 1.16 bits per heavy atom. The van der Waals surface area contributed by atoms with Crippen LogP contribution in [0.4, 0.5) is 0 Å². The number of hydrogen-bond acceptors (Lipinski definition) is 4. The highest BCUT2D eigenvalue weighted by atomic mass is 35.5. The highest BCUT2D eigenvalue weighted by Crippen LogP contribution is 2.33. The van der Waals surface area contributed by atoms with Gasteiger partial charge in [0, 0.05) is 21.3 Å². The monoisotopic (exact) mass is 379 g/mol. The van der Waals surface area contributed by atoms with Gasteiger partial charge in [0.1, 0.15) is 0 Å². The first-order valence-electron chi connectivity index (χ1n) is 8.13. The van der Waals surface area contributed by atoms with Crippen LogP contribution < -0.4 is 5.32 Å². The Morgan fingerprint density at radius 2 is 1.84 bits per heavy atom. The minimum Gasteiger partial charge on any atom is -0.455 e. The zero-order valence-electron chi connectivity index (χ0n) is 14.5. The van der Waals surface area contributed by atoms with E-state index < -0.39 is 5.97 Å². The highest BCUT2D eigenvalue weighted by Gasteiger charge is 2.14. The first-order valence-corrected chi connectivity index (χ1v) is 9.50. The summed E-state index contributed by atoms with van der Waals surface area (Å²) in [7, 11) is 0. The number of hydrogen-bond donors (Lipinski definition) is 1. The summed E-state index contributed by atoms with van der Waals surface area (Å²) in [6.07, 6.45) is 0. The van der Waals surface area contributed by atoms with Gasteiger partial charge in [0.15, 0.2) is 6.61 Å². The lowest BCUT2D eigenvalue weighted by Gasteiger charge is -2.17. The molecular formula is C19H22ClNO3S. The quantitative estimate of drug-likeness (QED) is 0.576. The first kappa shape index (κ1) is 19.6. The zero-order valence-corrected chi connectivity index (χ0v) is 16.1. The van der Waals surface area contributed by atoms with Crippen LogP contribution in [0.3, 0.4) is 0 Å².